The first-order chi connectivity index (χ1) is 7.75. The topological polar surface area (TPSA) is 54.2 Å². The van der Waals surface area contributed by atoms with Gasteiger partial charge in [-0.25, -0.2) is 0 Å². The second-order valence-electron chi connectivity index (χ2n) is 4.48. The van der Waals surface area contributed by atoms with Crippen molar-refractivity contribution in [1.82, 2.24) is 20.4 Å². The van der Waals surface area contributed by atoms with E-state index in [9.17, 15) is 0 Å². The molecule has 0 saturated carbocycles. The quantitative estimate of drug-likeness (QED) is 0.828. The zero-order valence-electron chi connectivity index (χ0n) is 10.1. The van der Waals surface area contributed by atoms with Gasteiger partial charge in [0.1, 0.15) is 0 Å². The molecule has 2 rings (SSSR count). The van der Waals surface area contributed by atoms with Crippen molar-refractivity contribution in [3.8, 4) is 0 Å². The maximum Gasteiger partial charge on any atom is 0.223 e. The highest BCUT2D eigenvalue weighted by molar-refractivity contribution is 4.85. The van der Waals surface area contributed by atoms with Crippen LogP contribution in [0.3, 0.4) is 0 Å². The molecule has 16 heavy (non-hydrogen) atoms. The first-order valence-electron chi connectivity index (χ1n) is 5.96. The Hall–Kier alpha value is -0.940. The minimum absolute atomic E-state index is 0.633. The third-order valence-electron chi connectivity index (χ3n) is 3.13. The molecule has 0 spiro atoms. The Morgan fingerprint density at radius 2 is 2.31 bits per heavy atom. The Morgan fingerprint density at radius 3 is 3.06 bits per heavy atom. The van der Waals surface area contributed by atoms with E-state index in [2.05, 4.69) is 27.4 Å². The number of nitrogens with zero attached hydrogens (tertiary/aromatic N) is 3. The first-order valence-corrected chi connectivity index (χ1v) is 5.96. The zero-order valence-corrected chi connectivity index (χ0v) is 10.1. The van der Waals surface area contributed by atoms with E-state index in [-0.39, 0.29) is 0 Å². The fraction of sp³-hybridized carbons (Fsp3) is 0.818. The van der Waals surface area contributed by atoms with Gasteiger partial charge in [-0.1, -0.05) is 5.16 Å². The summed E-state index contributed by atoms with van der Waals surface area (Å²) in [5, 5.41) is 7.35. The largest absolute Gasteiger partial charge is 0.340 e. The molecule has 0 bridgehead atoms. The highest BCUT2D eigenvalue weighted by Crippen LogP contribution is 2.13. The number of aryl methyl sites for hydroxylation is 1. The Kier molecular flexibility index (Phi) is 3.90. The molecular weight excluding hydrogens is 204 g/mol. The monoisotopic (exact) mass is 224 g/mol. The van der Waals surface area contributed by atoms with Crippen LogP contribution in [0, 0.1) is 6.92 Å². The van der Waals surface area contributed by atoms with Crippen LogP contribution in [0.15, 0.2) is 4.52 Å². The smallest absolute Gasteiger partial charge is 0.223 e. The SMILES string of the molecule is Cc1nc(CN(C)[C@H]2CCCNCC2)no1. The van der Waals surface area contributed by atoms with Gasteiger partial charge in [0, 0.05) is 13.0 Å². The minimum atomic E-state index is 0.633. The minimum Gasteiger partial charge on any atom is -0.340 e. The van der Waals surface area contributed by atoms with Crippen molar-refractivity contribution in [2.75, 3.05) is 20.1 Å². The Morgan fingerprint density at radius 1 is 1.44 bits per heavy atom. The average molecular weight is 224 g/mol. The van der Waals surface area contributed by atoms with Gasteiger partial charge in [0.05, 0.1) is 6.54 Å². The van der Waals surface area contributed by atoms with Crippen LogP contribution in [0.2, 0.25) is 0 Å². The molecule has 1 aliphatic heterocycles. The molecule has 90 valence electrons. The van der Waals surface area contributed by atoms with Crippen molar-refractivity contribution < 1.29 is 4.52 Å². The highest BCUT2D eigenvalue weighted by Gasteiger charge is 2.18. The third-order valence-corrected chi connectivity index (χ3v) is 3.13. The van der Waals surface area contributed by atoms with E-state index < -0.39 is 0 Å². The first kappa shape index (κ1) is 11.5. The molecule has 0 aromatic carbocycles. The zero-order chi connectivity index (χ0) is 11.4. The van der Waals surface area contributed by atoms with Gasteiger partial charge in [0.25, 0.3) is 0 Å². The van der Waals surface area contributed by atoms with E-state index >= 15 is 0 Å². The van der Waals surface area contributed by atoms with Crippen LogP contribution < -0.4 is 5.32 Å². The molecule has 1 N–H and O–H groups in total. The highest BCUT2D eigenvalue weighted by atomic mass is 16.5. The summed E-state index contributed by atoms with van der Waals surface area (Å²) >= 11 is 0. The summed E-state index contributed by atoms with van der Waals surface area (Å²) in [7, 11) is 2.14. The van der Waals surface area contributed by atoms with Crippen molar-refractivity contribution in [2.45, 2.75) is 38.8 Å². The van der Waals surface area contributed by atoms with Crippen LogP contribution >= 0.6 is 0 Å². The molecule has 5 heteroatoms. The second kappa shape index (κ2) is 5.41. The summed E-state index contributed by atoms with van der Waals surface area (Å²) < 4.78 is 4.98. The van der Waals surface area contributed by atoms with Crippen molar-refractivity contribution in [3.63, 3.8) is 0 Å². The lowest BCUT2D eigenvalue weighted by Gasteiger charge is -2.25. The summed E-state index contributed by atoms with van der Waals surface area (Å²) in [4.78, 5) is 6.56. The molecular formula is C11H20N4O. The molecule has 2 heterocycles. The van der Waals surface area contributed by atoms with Gasteiger partial charge < -0.3 is 9.84 Å². The predicted molar refractivity (Wildman–Crippen MR) is 61.0 cm³/mol. The number of nitrogens with one attached hydrogen (secondary N) is 1. The lowest BCUT2D eigenvalue weighted by molar-refractivity contribution is 0.209. The normalized spacial score (nSPS) is 22.3. The van der Waals surface area contributed by atoms with Crippen molar-refractivity contribution in [2.24, 2.45) is 0 Å². The van der Waals surface area contributed by atoms with E-state index in [1.165, 1.54) is 19.3 Å². The standard InChI is InChI=1S/C11H20N4O/c1-9-13-11(14-16-9)8-15(2)10-4-3-6-12-7-5-10/h10,12H,3-8H2,1-2H3/t10-/m0/s1. The van der Waals surface area contributed by atoms with Crippen LogP contribution in [0.5, 0.6) is 0 Å². The number of hydrogen-bond donors (Lipinski definition) is 1. The van der Waals surface area contributed by atoms with Crippen molar-refractivity contribution in [3.05, 3.63) is 11.7 Å². The van der Waals surface area contributed by atoms with Crippen LogP contribution in [0.1, 0.15) is 31.0 Å². The number of hydrogen-bond acceptors (Lipinski definition) is 5. The molecule has 1 saturated heterocycles. The third kappa shape index (κ3) is 3.02. The molecule has 1 aromatic rings. The Bertz CT molecular complexity index is 318. The van der Waals surface area contributed by atoms with E-state index in [1.54, 1.807) is 0 Å². The lowest BCUT2D eigenvalue weighted by Crippen LogP contribution is -2.32. The van der Waals surface area contributed by atoms with E-state index in [4.69, 9.17) is 4.52 Å². The molecule has 1 aliphatic rings. The van der Waals surface area contributed by atoms with E-state index in [0.717, 1.165) is 25.5 Å². The van der Waals surface area contributed by atoms with Crippen molar-refractivity contribution >= 4 is 0 Å². The van der Waals surface area contributed by atoms with Gasteiger partial charge in [0.15, 0.2) is 5.82 Å². The number of aromatic nitrogens is 2. The molecule has 0 unspecified atom stereocenters. The fourth-order valence-electron chi connectivity index (χ4n) is 2.20. The molecule has 0 radical (unpaired) electrons. The average Bonchev–Trinajstić information content (AvgIpc) is 2.56. The van der Waals surface area contributed by atoms with Crippen molar-refractivity contribution in [1.29, 1.82) is 0 Å². The maximum absolute atomic E-state index is 4.98. The van der Waals surface area contributed by atoms with Crippen LogP contribution in [-0.4, -0.2) is 41.2 Å². The molecule has 5 nitrogen and oxygen atoms in total. The second-order valence-corrected chi connectivity index (χ2v) is 4.48. The van der Waals surface area contributed by atoms with E-state index in [0.29, 0.717) is 11.9 Å². The Labute approximate surface area is 96.2 Å². The van der Waals surface area contributed by atoms with Gasteiger partial charge >= 0.3 is 0 Å². The van der Waals surface area contributed by atoms with Crippen LogP contribution in [0.4, 0.5) is 0 Å². The van der Waals surface area contributed by atoms with E-state index in [1.807, 2.05) is 6.92 Å². The molecule has 1 aromatic heterocycles. The van der Waals surface area contributed by atoms with Crippen LogP contribution in [0.25, 0.3) is 0 Å². The maximum atomic E-state index is 4.98. The summed E-state index contributed by atoms with van der Waals surface area (Å²) in [6, 6.07) is 0.633. The molecule has 1 fully saturated rings. The van der Waals surface area contributed by atoms with Gasteiger partial charge in [-0.05, 0) is 39.4 Å². The number of rotatable bonds is 3. The molecule has 0 amide bonds. The summed E-state index contributed by atoms with van der Waals surface area (Å²) in [5.74, 6) is 1.43. The van der Waals surface area contributed by atoms with Crippen LogP contribution in [-0.2, 0) is 6.54 Å². The van der Waals surface area contributed by atoms with Gasteiger partial charge in [-0.15, -0.1) is 0 Å². The summed E-state index contributed by atoms with van der Waals surface area (Å²) in [6.07, 6.45) is 3.70. The predicted octanol–water partition coefficient (Wildman–Crippen LogP) is 0.952. The Balaban J connectivity index is 1.88. The van der Waals surface area contributed by atoms with Gasteiger partial charge in [-0.3, -0.25) is 4.90 Å². The lowest BCUT2D eigenvalue weighted by atomic mass is 10.1. The van der Waals surface area contributed by atoms with Gasteiger partial charge in [0.2, 0.25) is 5.89 Å². The fourth-order valence-corrected chi connectivity index (χ4v) is 2.20. The van der Waals surface area contributed by atoms with Gasteiger partial charge in [-0.2, -0.15) is 4.98 Å². The molecule has 1 atom stereocenters. The molecule has 0 aliphatic carbocycles. The summed E-state index contributed by atoms with van der Waals surface area (Å²) in [6.45, 7) is 4.86. The summed E-state index contributed by atoms with van der Waals surface area (Å²) in [5.41, 5.74) is 0.